The number of nitrogens with zero attached hydrogens (tertiary/aromatic N) is 1. The van der Waals surface area contributed by atoms with Crippen molar-refractivity contribution in [3.05, 3.63) is 52.0 Å². The number of carbonyl (C=O) groups excluding carboxylic acids is 1. The minimum Gasteiger partial charge on any atom is -0.494 e. The number of amides is 1. The van der Waals surface area contributed by atoms with Gasteiger partial charge in [-0.05, 0) is 25.1 Å². The van der Waals surface area contributed by atoms with Crippen LogP contribution < -0.4 is 10.1 Å². The normalized spacial score (nSPS) is 10.1. The third-order valence-electron chi connectivity index (χ3n) is 2.71. The van der Waals surface area contributed by atoms with Crippen LogP contribution in [0.4, 0.5) is 11.4 Å². The summed E-state index contributed by atoms with van der Waals surface area (Å²) in [5.41, 5.74) is 0.695. The van der Waals surface area contributed by atoms with Gasteiger partial charge in [-0.2, -0.15) is 0 Å². The Kier molecular flexibility index (Phi) is 3.69. The molecule has 2 aromatic rings. The molecule has 7 heteroatoms. The number of rotatable bonds is 4. The predicted octanol–water partition coefficient (Wildman–Crippen LogP) is 2.76. The molecule has 1 aromatic carbocycles. The number of furan rings is 1. The van der Waals surface area contributed by atoms with Crippen molar-refractivity contribution in [1.82, 2.24) is 0 Å². The molecule has 7 nitrogen and oxygen atoms in total. The van der Waals surface area contributed by atoms with Gasteiger partial charge in [0.2, 0.25) is 0 Å². The zero-order valence-corrected chi connectivity index (χ0v) is 10.9. The van der Waals surface area contributed by atoms with E-state index in [-0.39, 0.29) is 17.2 Å². The van der Waals surface area contributed by atoms with Crippen molar-refractivity contribution < 1.29 is 18.9 Å². The molecule has 0 radical (unpaired) electrons. The van der Waals surface area contributed by atoms with Gasteiger partial charge >= 0.3 is 0 Å². The first kappa shape index (κ1) is 13.6. The van der Waals surface area contributed by atoms with Crippen LogP contribution in [0.3, 0.4) is 0 Å². The first-order chi connectivity index (χ1) is 9.52. The number of nitro benzene ring substituents is 1. The van der Waals surface area contributed by atoms with E-state index in [9.17, 15) is 14.9 Å². The Balaban J connectivity index is 2.34. The highest BCUT2D eigenvalue weighted by atomic mass is 16.6. The summed E-state index contributed by atoms with van der Waals surface area (Å²) in [6, 6.07) is 5.86. The van der Waals surface area contributed by atoms with Crippen LogP contribution >= 0.6 is 0 Å². The van der Waals surface area contributed by atoms with Gasteiger partial charge in [-0.25, -0.2) is 0 Å². The van der Waals surface area contributed by atoms with Gasteiger partial charge < -0.3 is 14.5 Å². The fourth-order valence-electron chi connectivity index (χ4n) is 1.73. The van der Waals surface area contributed by atoms with E-state index in [0.717, 1.165) is 0 Å². The van der Waals surface area contributed by atoms with Gasteiger partial charge in [0.15, 0.2) is 5.76 Å². The zero-order valence-electron chi connectivity index (χ0n) is 10.9. The van der Waals surface area contributed by atoms with Crippen LogP contribution in [0.1, 0.15) is 16.1 Å². The second-order valence-electron chi connectivity index (χ2n) is 4.03. The molecule has 1 N–H and O–H groups in total. The molecule has 0 aliphatic heterocycles. The van der Waals surface area contributed by atoms with E-state index >= 15 is 0 Å². The molecule has 0 saturated heterocycles. The number of methoxy groups -OCH3 is 1. The molecule has 1 heterocycles. The Bertz CT molecular complexity index is 649. The summed E-state index contributed by atoms with van der Waals surface area (Å²) in [6.07, 6.45) is 1.38. The average molecular weight is 276 g/mol. The van der Waals surface area contributed by atoms with E-state index in [1.54, 1.807) is 13.0 Å². The van der Waals surface area contributed by atoms with Crippen LogP contribution in [0.2, 0.25) is 0 Å². The van der Waals surface area contributed by atoms with Gasteiger partial charge in [0.1, 0.15) is 5.75 Å². The number of hydrogen-bond acceptors (Lipinski definition) is 5. The number of nitrogens with one attached hydrogen (secondary N) is 1. The summed E-state index contributed by atoms with van der Waals surface area (Å²) in [4.78, 5) is 22.2. The lowest BCUT2D eigenvalue weighted by Crippen LogP contribution is -2.12. The predicted molar refractivity (Wildman–Crippen MR) is 71.0 cm³/mol. The molecule has 20 heavy (non-hydrogen) atoms. The molecule has 0 aliphatic rings. The smallest absolute Gasteiger partial charge is 0.291 e. The molecule has 0 aliphatic carbocycles. The molecule has 0 saturated carbocycles. The second kappa shape index (κ2) is 5.43. The quantitative estimate of drug-likeness (QED) is 0.684. The van der Waals surface area contributed by atoms with Crippen molar-refractivity contribution in [3.63, 3.8) is 0 Å². The molecule has 0 unspecified atom stereocenters. The highest BCUT2D eigenvalue weighted by Gasteiger charge is 2.18. The SMILES string of the molecule is COc1cc([N+](=O)[O-])c(C)cc1NC(=O)c1ccco1. The zero-order chi connectivity index (χ0) is 14.7. The molecule has 104 valence electrons. The number of nitro groups is 1. The number of ether oxygens (including phenoxy) is 1. The number of hydrogen-bond donors (Lipinski definition) is 1. The van der Waals surface area contributed by atoms with E-state index in [1.807, 2.05) is 0 Å². The van der Waals surface area contributed by atoms with E-state index in [2.05, 4.69) is 5.32 Å². The third kappa shape index (κ3) is 2.61. The molecule has 2 rings (SSSR count). The van der Waals surface area contributed by atoms with Crippen LogP contribution in [-0.4, -0.2) is 17.9 Å². The first-order valence-corrected chi connectivity index (χ1v) is 5.71. The lowest BCUT2D eigenvalue weighted by atomic mass is 10.1. The molecule has 1 aromatic heterocycles. The Hall–Kier alpha value is -2.83. The first-order valence-electron chi connectivity index (χ1n) is 5.71. The van der Waals surface area contributed by atoms with Crippen molar-refractivity contribution in [1.29, 1.82) is 0 Å². The maximum atomic E-state index is 11.9. The second-order valence-corrected chi connectivity index (χ2v) is 4.03. The van der Waals surface area contributed by atoms with Crippen LogP contribution in [0.5, 0.6) is 5.75 Å². The number of anilines is 1. The molecule has 0 fully saturated rings. The topological polar surface area (TPSA) is 94.6 Å². The fraction of sp³-hybridized carbons (Fsp3) is 0.154. The number of carbonyl (C=O) groups is 1. The highest BCUT2D eigenvalue weighted by molar-refractivity contribution is 6.03. The monoisotopic (exact) mass is 276 g/mol. The highest BCUT2D eigenvalue weighted by Crippen LogP contribution is 2.32. The number of aryl methyl sites for hydroxylation is 1. The van der Waals surface area contributed by atoms with Gasteiger partial charge in [0.05, 0.1) is 30.1 Å². The number of benzene rings is 1. The molecule has 0 spiro atoms. The standard InChI is InChI=1S/C13H12N2O5/c1-8-6-9(12(19-2)7-10(8)15(17)18)14-13(16)11-4-3-5-20-11/h3-7H,1-2H3,(H,14,16). The van der Waals surface area contributed by atoms with Crippen LogP contribution in [0.25, 0.3) is 0 Å². The summed E-state index contributed by atoms with van der Waals surface area (Å²) in [6.45, 7) is 1.58. The van der Waals surface area contributed by atoms with Gasteiger partial charge in [-0.1, -0.05) is 0 Å². The van der Waals surface area contributed by atoms with Crippen LogP contribution in [0.15, 0.2) is 34.9 Å². The Morgan fingerprint density at radius 3 is 2.75 bits per heavy atom. The fourth-order valence-corrected chi connectivity index (χ4v) is 1.73. The summed E-state index contributed by atoms with van der Waals surface area (Å²) >= 11 is 0. The van der Waals surface area contributed by atoms with E-state index in [0.29, 0.717) is 11.3 Å². The molecular formula is C13H12N2O5. The van der Waals surface area contributed by atoms with Crippen molar-refractivity contribution in [2.45, 2.75) is 6.92 Å². The van der Waals surface area contributed by atoms with Gasteiger partial charge in [0, 0.05) is 5.56 Å². The lowest BCUT2D eigenvalue weighted by Gasteiger charge is -2.10. The summed E-state index contributed by atoms with van der Waals surface area (Å²) in [5.74, 6) is -0.105. The van der Waals surface area contributed by atoms with Crippen LogP contribution in [-0.2, 0) is 0 Å². The maximum absolute atomic E-state index is 11.9. The molecule has 0 atom stereocenters. The van der Waals surface area contributed by atoms with Crippen molar-refractivity contribution >= 4 is 17.3 Å². The Morgan fingerprint density at radius 1 is 1.45 bits per heavy atom. The maximum Gasteiger partial charge on any atom is 0.291 e. The lowest BCUT2D eigenvalue weighted by molar-refractivity contribution is -0.385. The summed E-state index contributed by atoms with van der Waals surface area (Å²) in [5, 5.41) is 13.4. The van der Waals surface area contributed by atoms with Crippen LogP contribution in [0, 0.1) is 17.0 Å². The largest absolute Gasteiger partial charge is 0.494 e. The Morgan fingerprint density at radius 2 is 2.20 bits per heavy atom. The van der Waals surface area contributed by atoms with Gasteiger partial charge in [-0.3, -0.25) is 14.9 Å². The average Bonchev–Trinajstić information content (AvgIpc) is 2.92. The van der Waals surface area contributed by atoms with Crippen molar-refractivity contribution in [2.75, 3.05) is 12.4 Å². The van der Waals surface area contributed by atoms with E-state index in [1.165, 1.54) is 31.6 Å². The summed E-state index contributed by atoms with van der Waals surface area (Å²) in [7, 11) is 1.37. The van der Waals surface area contributed by atoms with Gasteiger partial charge in [-0.15, -0.1) is 0 Å². The molecule has 0 bridgehead atoms. The van der Waals surface area contributed by atoms with Gasteiger partial charge in [0.25, 0.3) is 11.6 Å². The molecular weight excluding hydrogens is 264 g/mol. The minimum absolute atomic E-state index is 0.0714. The van der Waals surface area contributed by atoms with Crippen molar-refractivity contribution in [2.24, 2.45) is 0 Å². The minimum atomic E-state index is -0.504. The Labute approximate surface area is 114 Å². The van der Waals surface area contributed by atoms with Crippen molar-refractivity contribution in [3.8, 4) is 5.75 Å². The molecule has 1 amide bonds. The summed E-state index contributed by atoms with van der Waals surface area (Å²) < 4.78 is 10.0. The van der Waals surface area contributed by atoms with E-state index < -0.39 is 10.8 Å². The van der Waals surface area contributed by atoms with E-state index in [4.69, 9.17) is 9.15 Å². The third-order valence-corrected chi connectivity index (χ3v) is 2.71.